The van der Waals surface area contributed by atoms with Gasteiger partial charge in [-0.1, -0.05) is 35.9 Å². The standard InChI is InChI=1S/C18H24ClN5/c1-4-20-18(21-12-14-8-5-6-10-16(14)19)22-13-15-9-7-11-17(23-15)24(2)3/h5-11H,4,12-13H2,1-3H3,(H2,20,21,22). The monoisotopic (exact) mass is 345 g/mol. The molecule has 0 amide bonds. The number of aromatic nitrogens is 1. The summed E-state index contributed by atoms with van der Waals surface area (Å²) < 4.78 is 0. The molecule has 0 spiro atoms. The number of hydrogen-bond donors (Lipinski definition) is 2. The van der Waals surface area contributed by atoms with E-state index in [9.17, 15) is 0 Å². The molecule has 24 heavy (non-hydrogen) atoms. The first-order valence-electron chi connectivity index (χ1n) is 7.99. The maximum absolute atomic E-state index is 6.18. The number of aliphatic imine (C=N–C) groups is 1. The highest BCUT2D eigenvalue weighted by atomic mass is 35.5. The second-order valence-electron chi connectivity index (χ2n) is 5.52. The Bertz CT molecular complexity index is 685. The molecule has 6 heteroatoms. The molecule has 0 saturated heterocycles. The molecular formula is C18H24ClN5. The molecule has 0 aliphatic heterocycles. The van der Waals surface area contributed by atoms with Gasteiger partial charge in [-0.15, -0.1) is 0 Å². The number of halogens is 1. The van der Waals surface area contributed by atoms with Crippen LogP contribution in [-0.2, 0) is 13.1 Å². The van der Waals surface area contributed by atoms with Gasteiger partial charge in [-0.05, 0) is 30.7 Å². The molecule has 128 valence electrons. The summed E-state index contributed by atoms with van der Waals surface area (Å²) in [5.74, 6) is 1.68. The van der Waals surface area contributed by atoms with Gasteiger partial charge in [0.1, 0.15) is 5.82 Å². The van der Waals surface area contributed by atoms with Crippen LogP contribution in [0.1, 0.15) is 18.2 Å². The Morgan fingerprint density at radius 2 is 1.92 bits per heavy atom. The van der Waals surface area contributed by atoms with Gasteiger partial charge in [-0.3, -0.25) is 0 Å². The topological polar surface area (TPSA) is 52.6 Å². The second kappa shape index (κ2) is 9.13. The number of nitrogens with one attached hydrogen (secondary N) is 2. The molecule has 0 fully saturated rings. The van der Waals surface area contributed by atoms with Crippen LogP contribution in [0, 0.1) is 0 Å². The van der Waals surface area contributed by atoms with E-state index in [1.165, 1.54) is 0 Å². The molecule has 0 aliphatic rings. The lowest BCUT2D eigenvalue weighted by Gasteiger charge is -2.14. The summed E-state index contributed by atoms with van der Waals surface area (Å²) in [7, 11) is 3.96. The normalized spacial score (nSPS) is 11.2. The SMILES string of the molecule is CCNC(=NCc1ccccc1Cl)NCc1cccc(N(C)C)n1. The molecule has 0 unspecified atom stereocenters. The fraction of sp³-hybridized carbons (Fsp3) is 0.333. The highest BCUT2D eigenvalue weighted by molar-refractivity contribution is 6.31. The number of anilines is 1. The van der Waals surface area contributed by atoms with Crippen LogP contribution in [0.2, 0.25) is 5.02 Å². The van der Waals surface area contributed by atoms with Crippen LogP contribution in [0.15, 0.2) is 47.5 Å². The van der Waals surface area contributed by atoms with E-state index in [2.05, 4.69) is 20.6 Å². The summed E-state index contributed by atoms with van der Waals surface area (Å²) in [5, 5.41) is 7.28. The van der Waals surface area contributed by atoms with E-state index in [-0.39, 0.29) is 0 Å². The van der Waals surface area contributed by atoms with Gasteiger partial charge >= 0.3 is 0 Å². The second-order valence-corrected chi connectivity index (χ2v) is 5.93. The lowest BCUT2D eigenvalue weighted by Crippen LogP contribution is -2.37. The van der Waals surface area contributed by atoms with Gasteiger partial charge in [0.25, 0.3) is 0 Å². The van der Waals surface area contributed by atoms with Crippen molar-refractivity contribution < 1.29 is 0 Å². The Labute approximate surface area is 148 Å². The van der Waals surface area contributed by atoms with Crippen LogP contribution >= 0.6 is 11.6 Å². The maximum atomic E-state index is 6.18. The molecule has 0 radical (unpaired) electrons. The molecule has 0 aliphatic carbocycles. The Hall–Kier alpha value is -2.27. The summed E-state index contributed by atoms with van der Waals surface area (Å²) in [5.41, 5.74) is 1.97. The highest BCUT2D eigenvalue weighted by Crippen LogP contribution is 2.15. The van der Waals surface area contributed by atoms with E-state index in [1.54, 1.807) is 0 Å². The molecule has 2 aromatic rings. The van der Waals surface area contributed by atoms with E-state index < -0.39 is 0 Å². The lowest BCUT2D eigenvalue weighted by molar-refractivity contribution is 0.798. The van der Waals surface area contributed by atoms with Crippen molar-refractivity contribution in [3.8, 4) is 0 Å². The third-order valence-corrected chi connectivity index (χ3v) is 3.77. The van der Waals surface area contributed by atoms with Crippen molar-refractivity contribution in [1.82, 2.24) is 15.6 Å². The van der Waals surface area contributed by atoms with Crippen LogP contribution < -0.4 is 15.5 Å². The fourth-order valence-corrected chi connectivity index (χ4v) is 2.32. The molecule has 1 aromatic carbocycles. The van der Waals surface area contributed by atoms with E-state index in [4.69, 9.17) is 11.6 Å². The van der Waals surface area contributed by atoms with Crippen LogP contribution in [0.25, 0.3) is 0 Å². The van der Waals surface area contributed by atoms with Crippen molar-refractivity contribution in [3.63, 3.8) is 0 Å². The zero-order valence-electron chi connectivity index (χ0n) is 14.4. The van der Waals surface area contributed by atoms with Gasteiger partial charge in [0.2, 0.25) is 0 Å². The molecule has 5 nitrogen and oxygen atoms in total. The van der Waals surface area contributed by atoms with Crippen molar-refractivity contribution >= 4 is 23.4 Å². The first-order valence-corrected chi connectivity index (χ1v) is 8.36. The third kappa shape index (κ3) is 5.42. The van der Waals surface area contributed by atoms with E-state index in [1.807, 2.05) is 68.4 Å². The first kappa shape index (κ1) is 18.1. The summed E-state index contributed by atoms with van der Waals surface area (Å²) in [4.78, 5) is 11.2. The van der Waals surface area contributed by atoms with Gasteiger partial charge in [0.15, 0.2) is 5.96 Å². The smallest absolute Gasteiger partial charge is 0.191 e. The number of hydrogen-bond acceptors (Lipinski definition) is 3. The molecule has 0 bridgehead atoms. The average molecular weight is 346 g/mol. The number of nitrogens with zero attached hydrogens (tertiary/aromatic N) is 3. The van der Waals surface area contributed by atoms with Gasteiger partial charge in [0, 0.05) is 25.7 Å². The fourth-order valence-electron chi connectivity index (χ4n) is 2.12. The van der Waals surface area contributed by atoms with Gasteiger partial charge in [0.05, 0.1) is 18.8 Å². The molecule has 0 saturated carbocycles. The Morgan fingerprint density at radius 3 is 2.62 bits per heavy atom. The summed E-state index contributed by atoms with van der Waals surface area (Å²) in [6.45, 7) is 3.97. The molecular weight excluding hydrogens is 322 g/mol. The summed E-state index contributed by atoms with van der Waals surface area (Å²) in [6.07, 6.45) is 0. The molecule has 1 heterocycles. The van der Waals surface area contributed by atoms with Crippen molar-refractivity contribution in [1.29, 1.82) is 0 Å². The Balaban J connectivity index is 2.02. The predicted octanol–water partition coefficient (Wildman–Crippen LogP) is 3.06. The first-order chi connectivity index (χ1) is 11.6. The highest BCUT2D eigenvalue weighted by Gasteiger charge is 2.03. The third-order valence-electron chi connectivity index (χ3n) is 3.40. The average Bonchev–Trinajstić information content (AvgIpc) is 2.59. The molecule has 1 aromatic heterocycles. The quantitative estimate of drug-likeness (QED) is 0.624. The Kier molecular flexibility index (Phi) is 6.88. The number of guanidine groups is 1. The van der Waals surface area contributed by atoms with Crippen molar-refractivity contribution in [2.45, 2.75) is 20.0 Å². The van der Waals surface area contributed by atoms with E-state index >= 15 is 0 Å². The van der Waals surface area contributed by atoms with Crippen LogP contribution in [0.5, 0.6) is 0 Å². The molecule has 2 N–H and O–H groups in total. The zero-order valence-corrected chi connectivity index (χ0v) is 15.1. The van der Waals surface area contributed by atoms with Crippen molar-refractivity contribution in [2.24, 2.45) is 4.99 Å². The van der Waals surface area contributed by atoms with Crippen LogP contribution in [0.4, 0.5) is 5.82 Å². The van der Waals surface area contributed by atoms with Gasteiger partial charge < -0.3 is 15.5 Å². The number of benzene rings is 1. The van der Waals surface area contributed by atoms with Crippen molar-refractivity contribution in [2.75, 3.05) is 25.5 Å². The van der Waals surface area contributed by atoms with Crippen LogP contribution in [-0.4, -0.2) is 31.6 Å². The minimum atomic E-state index is 0.528. The minimum absolute atomic E-state index is 0.528. The van der Waals surface area contributed by atoms with Crippen molar-refractivity contribution in [3.05, 3.63) is 58.7 Å². The van der Waals surface area contributed by atoms with E-state index in [0.29, 0.717) is 13.1 Å². The van der Waals surface area contributed by atoms with Crippen LogP contribution in [0.3, 0.4) is 0 Å². The lowest BCUT2D eigenvalue weighted by atomic mass is 10.2. The minimum Gasteiger partial charge on any atom is -0.363 e. The predicted molar refractivity (Wildman–Crippen MR) is 102 cm³/mol. The number of rotatable bonds is 6. The summed E-state index contributed by atoms with van der Waals surface area (Å²) in [6, 6.07) is 13.7. The zero-order chi connectivity index (χ0) is 17.4. The summed E-state index contributed by atoms with van der Waals surface area (Å²) >= 11 is 6.18. The molecule has 2 rings (SSSR count). The van der Waals surface area contributed by atoms with E-state index in [0.717, 1.165) is 34.6 Å². The maximum Gasteiger partial charge on any atom is 0.191 e. The number of pyridine rings is 1. The van der Waals surface area contributed by atoms with Gasteiger partial charge in [-0.2, -0.15) is 0 Å². The molecule has 0 atom stereocenters. The Morgan fingerprint density at radius 1 is 1.12 bits per heavy atom. The largest absolute Gasteiger partial charge is 0.363 e. The van der Waals surface area contributed by atoms with Gasteiger partial charge in [-0.25, -0.2) is 9.98 Å².